The van der Waals surface area contributed by atoms with E-state index in [9.17, 15) is 4.79 Å². The highest BCUT2D eigenvalue weighted by atomic mass is 16.5. The number of carbonyl (C=O) groups excluding carboxylic acids is 1. The third-order valence-electron chi connectivity index (χ3n) is 6.33. The molecular weight excluding hydrogens is 400 g/mol. The van der Waals surface area contributed by atoms with Gasteiger partial charge in [0.1, 0.15) is 0 Å². The maximum atomic E-state index is 13.6. The molecule has 0 saturated heterocycles. The summed E-state index contributed by atoms with van der Waals surface area (Å²) in [5.41, 5.74) is 5.44. The van der Waals surface area contributed by atoms with E-state index in [1.54, 1.807) is 14.2 Å². The van der Waals surface area contributed by atoms with Crippen molar-refractivity contribution in [2.24, 2.45) is 0 Å². The van der Waals surface area contributed by atoms with Crippen LogP contribution in [0.4, 0.5) is 0 Å². The number of hydrogen-bond acceptors (Lipinski definition) is 3. The van der Waals surface area contributed by atoms with Crippen LogP contribution in [-0.4, -0.2) is 36.6 Å². The fraction of sp³-hybridized carbons (Fsp3) is 0.222. The molecule has 1 aliphatic heterocycles. The monoisotopic (exact) mass is 426 g/mol. The van der Waals surface area contributed by atoms with Gasteiger partial charge in [-0.05, 0) is 46.9 Å². The maximum Gasteiger partial charge on any atom is 0.227 e. The van der Waals surface area contributed by atoms with Gasteiger partial charge in [0, 0.05) is 23.6 Å². The van der Waals surface area contributed by atoms with Gasteiger partial charge in [0.05, 0.1) is 26.7 Å². The third kappa shape index (κ3) is 3.50. The molecule has 0 radical (unpaired) electrons. The number of benzene rings is 3. The number of rotatable bonds is 5. The van der Waals surface area contributed by atoms with Gasteiger partial charge >= 0.3 is 0 Å². The highest BCUT2D eigenvalue weighted by Gasteiger charge is 2.33. The Labute approximate surface area is 187 Å². The Bertz CT molecular complexity index is 1260. The summed E-state index contributed by atoms with van der Waals surface area (Å²) < 4.78 is 11.1. The summed E-state index contributed by atoms with van der Waals surface area (Å²) in [4.78, 5) is 18.9. The molecule has 1 aromatic heterocycles. The third-order valence-corrected chi connectivity index (χ3v) is 6.33. The fourth-order valence-corrected chi connectivity index (χ4v) is 4.75. The normalized spacial score (nSPS) is 15.4. The van der Waals surface area contributed by atoms with Crippen LogP contribution >= 0.6 is 0 Å². The maximum absolute atomic E-state index is 13.6. The molecule has 0 spiro atoms. The molecular formula is C27H26N2O3. The number of methoxy groups -OCH3 is 2. The molecule has 2 heterocycles. The molecule has 162 valence electrons. The Kier molecular flexibility index (Phi) is 5.31. The first-order chi connectivity index (χ1) is 15.7. The highest BCUT2D eigenvalue weighted by Crippen LogP contribution is 2.41. The van der Waals surface area contributed by atoms with Gasteiger partial charge in [-0.25, -0.2) is 0 Å². The van der Waals surface area contributed by atoms with E-state index in [2.05, 4.69) is 23.2 Å². The van der Waals surface area contributed by atoms with Crippen LogP contribution in [0, 0.1) is 0 Å². The molecule has 1 atom stereocenters. The Morgan fingerprint density at radius 3 is 2.50 bits per heavy atom. The summed E-state index contributed by atoms with van der Waals surface area (Å²) in [5, 5.41) is 1.10. The number of amides is 1. The number of aromatic amines is 1. The zero-order valence-corrected chi connectivity index (χ0v) is 18.3. The standard InChI is InChI=1S/C27H26N2O3/c1-31-24-14-19-12-13-29(26(30)15-20-17-28-23-11-7-6-10-21(20)23)27(18-8-4-3-5-9-18)22(19)16-25(24)32-2/h3-11,14,16-17,27-28H,12-13,15H2,1-2H3. The summed E-state index contributed by atoms with van der Waals surface area (Å²) in [7, 11) is 3.29. The number of nitrogens with one attached hydrogen (secondary N) is 1. The van der Waals surface area contributed by atoms with E-state index >= 15 is 0 Å². The lowest BCUT2D eigenvalue weighted by molar-refractivity contribution is -0.132. The number of hydrogen-bond donors (Lipinski definition) is 1. The molecule has 1 aliphatic rings. The van der Waals surface area contributed by atoms with Gasteiger partial charge in [0.25, 0.3) is 0 Å². The molecule has 0 fully saturated rings. The smallest absolute Gasteiger partial charge is 0.227 e. The van der Waals surface area contributed by atoms with Crippen molar-refractivity contribution in [2.75, 3.05) is 20.8 Å². The van der Waals surface area contributed by atoms with Crippen LogP contribution < -0.4 is 9.47 Å². The first kappa shape index (κ1) is 20.2. The average molecular weight is 427 g/mol. The molecule has 1 unspecified atom stereocenters. The van der Waals surface area contributed by atoms with Crippen molar-refractivity contribution in [3.8, 4) is 11.5 Å². The van der Waals surface area contributed by atoms with E-state index in [-0.39, 0.29) is 11.9 Å². The van der Waals surface area contributed by atoms with Crippen LogP contribution in [-0.2, 0) is 17.6 Å². The van der Waals surface area contributed by atoms with Crippen LogP contribution in [0.2, 0.25) is 0 Å². The molecule has 32 heavy (non-hydrogen) atoms. The summed E-state index contributed by atoms with van der Waals surface area (Å²) in [6, 6.07) is 22.2. The van der Waals surface area contributed by atoms with Gasteiger partial charge in [-0.2, -0.15) is 0 Å². The lowest BCUT2D eigenvalue weighted by Crippen LogP contribution is -2.41. The summed E-state index contributed by atoms with van der Waals surface area (Å²) >= 11 is 0. The second-order valence-electron chi connectivity index (χ2n) is 8.09. The Balaban J connectivity index is 1.55. The molecule has 3 aromatic carbocycles. The number of fused-ring (bicyclic) bond motifs is 2. The predicted molar refractivity (Wildman–Crippen MR) is 125 cm³/mol. The number of H-pyrrole nitrogens is 1. The first-order valence-electron chi connectivity index (χ1n) is 10.8. The molecule has 0 bridgehead atoms. The molecule has 1 amide bonds. The van der Waals surface area contributed by atoms with Crippen LogP contribution in [0.1, 0.15) is 28.3 Å². The number of nitrogens with zero attached hydrogens (tertiary/aromatic N) is 1. The molecule has 5 rings (SSSR count). The second-order valence-corrected chi connectivity index (χ2v) is 8.09. The molecule has 1 N–H and O–H groups in total. The second kappa shape index (κ2) is 8.42. The van der Waals surface area contributed by atoms with Crippen LogP contribution in [0.5, 0.6) is 11.5 Å². The van der Waals surface area contributed by atoms with Crippen LogP contribution in [0.15, 0.2) is 72.9 Å². The van der Waals surface area contributed by atoms with Crippen molar-refractivity contribution in [3.63, 3.8) is 0 Å². The summed E-state index contributed by atoms with van der Waals surface area (Å²) in [6.07, 6.45) is 3.08. The van der Waals surface area contributed by atoms with E-state index in [0.717, 1.165) is 39.8 Å². The fourth-order valence-electron chi connectivity index (χ4n) is 4.75. The van der Waals surface area contributed by atoms with E-state index in [1.165, 1.54) is 5.56 Å². The lowest BCUT2D eigenvalue weighted by Gasteiger charge is -2.38. The highest BCUT2D eigenvalue weighted by molar-refractivity contribution is 5.89. The number of aromatic nitrogens is 1. The van der Waals surface area contributed by atoms with Gasteiger partial charge in [0.2, 0.25) is 5.91 Å². The van der Waals surface area contributed by atoms with Crippen molar-refractivity contribution in [2.45, 2.75) is 18.9 Å². The van der Waals surface area contributed by atoms with Crippen molar-refractivity contribution in [1.29, 1.82) is 0 Å². The number of para-hydroxylation sites is 1. The predicted octanol–water partition coefficient (Wildman–Crippen LogP) is 4.90. The summed E-state index contributed by atoms with van der Waals surface area (Å²) in [6.45, 7) is 0.656. The first-order valence-corrected chi connectivity index (χ1v) is 10.8. The molecule has 5 nitrogen and oxygen atoms in total. The summed E-state index contributed by atoms with van der Waals surface area (Å²) in [5.74, 6) is 1.51. The van der Waals surface area contributed by atoms with Crippen molar-refractivity contribution in [3.05, 3.63) is 95.2 Å². The van der Waals surface area contributed by atoms with Crippen molar-refractivity contribution < 1.29 is 14.3 Å². The quantitative estimate of drug-likeness (QED) is 0.494. The van der Waals surface area contributed by atoms with E-state index < -0.39 is 0 Å². The van der Waals surface area contributed by atoms with Gasteiger partial charge < -0.3 is 19.4 Å². The van der Waals surface area contributed by atoms with Crippen LogP contribution in [0.3, 0.4) is 0 Å². The van der Waals surface area contributed by atoms with Crippen molar-refractivity contribution >= 4 is 16.8 Å². The Morgan fingerprint density at radius 1 is 1.00 bits per heavy atom. The average Bonchev–Trinajstić information content (AvgIpc) is 3.25. The topological polar surface area (TPSA) is 54.6 Å². The van der Waals surface area contributed by atoms with Gasteiger partial charge in [-0.1, -0.05) is 48.5 Å². The lowest BCUT2D eigenvalue weighted by atomic mass is 9.87. The molecule has 4 aromatic rings. The largest absolute Gasteiger partial charge is 0.493 e. The number of ether oxygens (including phenoxy) is 2. The minimum atomic E-state index is -0.169. The van der Waals surface area contributed by atoms with Gasteiger partial charge in [-0.3, -0.25) is 4.79 Å². The minimum absolute atomic E-state index is 0.115. The minimum Gasteiger partial charge on any atom is -0.493 e. The van der Waals surface area contributed by atoms with Gasteiger partial charge in [0.15, 0.2) is 11.5 Å². The molecule has 0 aliphatic carbocycles. The SMILES string of the molecule is COc1cc2c(cc1OC)C(c1ccccc1)N(C(=O)Cc1c[nH]c3ccccc13)CC2. The van der Waals surface area contributed by atoms with Gasteiger partial charge in [-0.15, -0.1) is 0 Å². The van der Waals surface area contributed by atoms with E-state index in [4.69, 9.17) is 9.47 Å². The zero-order chi connectivity index (χ0) is 22.1. The Hall–Kier alpha value is -3.73. The van der Waals surface area contributed by atoms with Crippen molar-refractivity contribution in [1.82, 2.24) is 9.88 Å². The number of carbonyl (C=O) groups is 1. The molecule has 0 saturated carbocycles. The zero-order valence-electron chi connectivity index (χ0n) is 18.3. The van der Waals surface area contributed by atoms with Crippen LogP contribution in [0.25, 0.3) is 10.9 Å². The van der Waals surface area contributed by atoms with E-state index in [0.29, 0.717) is 18.7 Å². The molecule has 5 heteroatoms. The van der Waals surface area contributed by atoms with E-state index in [1.807, 2.05) is 59.6 Å². The Morgan fingerprint density at radius 2 is 1.72 bits per heavy atom.